The first-order valence-corrected chi connectivity index (χ1v) is 7.03. The minimum Gasteiger partial charge on any atom is -0.497 e. The zero-order chi connectivity index (χ0) is 16.8. The van der Waals surface area contributed by atoms with Gasteiger partial charge in [-0.05, 0) is 42.0 Å². The number of carboxylic acid groups (broad SMARTS) is 1. The van der Waals surface area contributed by atoms with Crippen molar-refractivity contribution < 1.29 is 19.4 Å². The standard InChI is InChI=1S/C17H14ClNO4/c1-23-13-6-2-11(3-7-13)4-9-16(20)19-15-10-12(18)5-8-14(15)17(21)22/h2-10H,1H3,(H,19,20)(H,21,22)/b9-4+. The summed E-state index contributed by atoms with van der Waals surface area (Å²) in [6.07, 6.45) is 2.92. The second-order valence-electron chi connectivity index (χ2n) is 4.59. The van der Waals surface area contributed by atoms with Gasteiger partial charge < -0.3 is 15.2 Å². The number of ether oxygens (including phenoxy) is 1. The summed E-state index contributed by atoms with van der Waals surface area (Å²) < 4.78 is 5.05. The van der Waals surface area contributed by atoms with Crippen LogP contribution in [-0.4, -0.2) is 24.1 Å². The zero-order valence-electron chi connectivity index (χ0n) is 12.2. The van der Waals surface area contributed by atoms with E-state index in [1.54, 1.807) is 37.5 Å². The average Bonchev–Trinajstić information content (AvgIpc) is 2.53. The van der Waals surface area contributed by atoms with E-state index >= 15 is 0 Å². The fraction of sp³-hybridized carbons (Fsp3) is 0.0588. The number of hydrogen-bond donors (Lipinski definition) is 2. The molecule has 23 heavy (non-hydrogen) atoms. The number of nitrogens with one attached hydrogen (secondary N) is 1. The first-order valence-electron chi connectivity index (χ1n) is 6.65. The number of carbonyl (C=O) groups excluding carboxylic acids is 1. The third kappa shape index (κ3) is 4.59. The van der Waals surface area contributed by atoms with Crippen LogP contribution in [0, 0.1) is 0 Å². The molecule has 0 atom stereocenters. The van der Waals surface area contributed by atoms with Gasteiger partial charge in [0.2, 0.25) is 5.91 Å². The molecule has 0 aliphatic carbocycles. The van der Waals surface area contributed by atoms with Gasteiger partial charge in [-0.2, -0.15) is 0 Å². The number of benzene rings is 2. The van der Waals surface area contributed by atoms with E-state index in [2.05, 4.69) is 5.32 Å². The van der Waals surface area contributed by atoms with E-state index in [0.29, 0.717) is 5.02 Å². The lowest BCUT2D eigenvalue weighted by atomic mass is 10.1. The topological polar surface area (TPSA) is 75.6 Å². The summed E-state index contributed by atoms with van der Waals surface area (Å²) in [5, 5.41) is 11.9. The smallest absolute Gasteiger partial charge is 0.337 e. The van der Waals surface area contributed by atoms with E-state index < -0.39 is 11.9 Å². The van der Waals surface area contributed by atoms with Crippen molar-refractivity contribution in [2.24, 2.45) is 0 Å². The molecule has 0 aliphatic rings. The van der Waals surface area contributed by atoms with Crippen molar-refractivity contribution in [1.29, 1.82) is 0 Å². The molecule has 2 rings (SSSR count). The maximum Gasteiger partial charge on any atom is 0.337 e. The van der Waals surface area contributed by atoms with Gasteiger partial charge in [-0.3, -0.25) is 4.79 Å². The molecule has 118 valence electrons. The van der Waals surface area contributed by atoms with Crippen LogP contribution in [0.15, 0.2) is 48.5 Å². The summed E-state index contributed by atoms with van der Waals surface area (Å²) >= 11 is 5.83. The third-order valence-electron chi connectivity index (χ3n) is 3.01. The van der Waals surface area contributed by atoms with Crippen molar-refractivity contribution in [3.63, 3.8) is 0 Å². The second-order valence-corrected chi connectivity index (χ2v) is 5.03. The fourth-order valence-electron chi connectivity index (χ4n) is 1.87. The minimum atomic E-state index is -1.14. The molecule has 2 aromatic rings. The van der Waals surface area contributed by atoms with E-state index in [9.17, 15) is 9.59 Å². The number of halogens is 1. The number of anilines is 1. The minimum absolute atomic E-state index is 0.0272. The van der Waals surface area contributed by atoms with Gasteiger partial charge in [-0.15, -0.1) is 0 Å². The summed E-state index contributed by atoms with van der Waals surface area (Å²) in [4.78, 5) is 23.1. The summed E-state index contributed by atoms with van der Waals surface area (Å²) in [5.41, 5.74) is 0.931. The molecule has 0 saturated heterocycles. The Hall–Kier alpha value is -2.79. The fourth-order valence-corrected chi connectivity index (χ4v) is 2.04. The van der Waals surface area contributed by atoms with Crippen molar-refractivity contribution in [3.05, 3.63) is 64.7 Å². The molecule has 0 fully saturated rings. The highest BCUT2D eigenvalue weighted by Crippen LogP contribution is 2.21. The van der Waals surface area contributed by atoms with Gasteiger partial charge in [-0.25, -0.2) is 4.79 Å². The van der Waals surface area contributed by atoms with Gasteiger partial charge in [0.1, 0.15) is 5.75 Å². The van der Waals surface area contributed by atoms with Crippen molar-refractivity contribution in [3.8, 4) is 5.75 Å². The molecule has 0 saturated carbocycles. The van der Waals surface area contributed by atoms with Gasteiger partial charge in [-0.1, -0.05) is 23.7 Å². The quantitative estimate of drug-likeness (QED) is 0.819. The molecule has 1 amide bonds. The van der Waals surface area contributed by atoms with E-state index in [-0.39, 0.29) is 11.3 Å². The van der Waals surface area contributed by atoms with Crippen LogP contribution in [-0.2, 0) is 4.79 Å². The summed E-state index contributed by atoms with van der Waals surface area (Å²) in [5.74, 6) is -0.877. The molecule has 0 heterocycles. The SMILES string of the molecule is COc1ccc(/C=C/C(=O)Nc2cc(Cl)ccc2C(=O)O)cc1. The van der Waals surface area contributed by atoms with Crippen LogP contribution in [0.25, 0.3) is 6.08 Å². The van der Waals surface area contributed by atoms with Gasteiger partial charge in [0.05, 0.1) is 18.4 Å². The van der Waals surface area contributed by atoms with E-state index in [4.69, 9.17) is 21.4 Å². The number of hydrogen-bond acceptors (Lipinski definition) is 3. The van der Waals surface area contributed by atoms with Gasteiger partial charge in [0.15, 0.2) is 0 Å². The molecular formula is C17H14ClNO4. The van der Waals surface area contributed by atoms with E-state index in [1.807, 2.05) is 0 Å². The number of carbonyl (C=O) groups is 2. The van der Waals surface area contributed by atoms with Crippen LogP contribution in [0.4, 0.5) is 5.69 Å². The highest BCUT2D eigenvalue weighted by molar-refractivity contribution is 6.31. The van der Waals surface area contributed by atoms with Gasteiger partial charge in [0, 0.05) is 11.1 Å². The van der Waals surface area contributed by atoms with Crippen molar-refractivity contribution in [2.75, 3.05) is 12.4 Å². The normalized spacial score (nSPS) is 10.5. The monoisotopic (exact) mass is 331 g/mol. The Balaban J connectivity index is 2.11. The highest BCUT2D eigenvalue weighted by Gasteiger charge is 2.11. The largest absolute Gasteiger partial charge is 0.497 e. The Morgan fingerprint density at radius 1 is 1.17 bits per heavy atom. The average molecular weight is 332 g/mol. The van der Waals surface area contributed by atoms with Crippen LogP contribution in [0.2, 0.25) is 5.02 Å². The number of rotatable bonds is 5. The lowest BCUT2D eigenvalue weighted by Gasteiger charge is -2.07. The van der Waals surface area contributed by atoms with Crippen LogP contribution in [0.1, 0.15) is 15.9 Å². The van der Waals surface area contributed by atoms with Gasteiger partial charge >= 0.3 is 5.97 Å². The Kier molecular flexibility index (Phi) is 5.38. The van der Waals surface area contributed by atoms with Crippen LogP contribution < -0.4 is 10.1 Å². The zero-order valence-corrected chi connectivity index (χ0v) is 13.0. The Morgan fingerprint density at radius 2 is 1.87 bits per heavy atom. The Morgan fingerprint density at radius 3 is 2.48 bits per heavy atom. The van der Waals surface area contributed by atoms with Crippen molar-refractivity contribution >= 4 is 35.2 Å². The predicted molar refractivity (Wildman–Crippen MR) is 89.1 cm³/mol. The number of amides is 1. The lowest BCUT2D eigenvalue weighted by Crippen LogP contribution is -2.12. The lowest BCUT2D eigenvalue weighted by molar-refractivity contribution is -0.111. The molecule has 2 N–H and O–H groups in total. The third-order valence-corrected chi connectivity index (χ3v) is 3.25. The van der Waals surface area contributed by atoms with E-state index in [0.717, 1.165) is 11.3 Å². The molecule has 0 spiro atoms. The maximum atomic E-state index is 11.9. The summed E-state index contributed by atoms with van der Waals surface area (Å²) in [6, 6.07) is 11.3. The van der Waals surface area contributed by atoms with Crippen LogP contribution in [0.3, 0.4) is 0 Å². The van der Waals surface area contributed by atoms with Gasteiger partial charge in [0.25, 0.3) is 0 Å². The summed E-state index contributed by atoms with van der Waals surface area (Å²) in [6.45, 7) is 0. The first-order chi connectivity index (χ1) is 11.0. The molecule has 5 nitrogen and oxygen atoms in total. The molecular weight excluding hydrogens is 318 g/mol. The van der Waals surface area contributed by atoms with Crippen LogP contribution >= 0.6 is 11.6 Å². The Labute approximate surface area is 138 Å². The predicted octanol–water partition coefficient (Wildman–Crippen LogP) is 3.70. The van der Waals surface area contributed by atoms with Crippen LogP contribution in [0.5, 0.6) is 5.75 Å². The molecule has 2 aromatic carbocycles. The highest BCUT2D eigenvalue weighted by atomic mass is 35.5. The number of methoxy groups -OCH3 is 1. The van der Waals surface area contributed by atoms with Crippen molar-refractivity contribution in [2.45, 2.75) is 0 Å². The molecule has 0 bridgehead atoms. The van der Waals surface area contributed by atoms with E-state index in [1.165, 1.54) is 24.3 Å². The summed E-state index contributed by atoms with van der Waals surface area (Å²) in [7, 11) is 1.57. The number of carboxylic acids is 1. The number of aromatic carboxylic acids is 1. The Bertz CT molecular complexity index is 754. The first kappa shape index (κ1) is 16.6. The van der Waals surface area contributed by atoms with Crippen molar-refractivity contribution in [1.82, 2.24) is 0 Å². The molecule has 0 unspecified atom stereocenters. The maximum absolute atomic E-state index is 11.9. The molecule has 0 radical (unpaired) electrons. The molecule has 0 aliphatic heterocycles. The molecule has 0 aromatic heterocycles. The molecule has 6 heteroatoms. The second kappa shape index (κ2) is 7.47.